The zero-order chi connectivity index (χ0) is 24.7. The smallest absolute Gasteiger partial charge is 0.407 e. The third-order valence-electron chi connectivity index (χ3n) is 5.12. The fourth-order valence-corrected chi connectivity index (χ4v) is 3.60. The number of benzene rings is 2. The minimum Gasteiger partial charge on any atom is -0.480 e. The van der Waals surface area contributed by atoms with Crippen molar-refractivity contribution in [2.75, 3.05) is 0 Å². The van der Waals surface area contributed by atoms with Crippen molar-refractivity contribution in [2.24, 2.45) is 0 Å². The lowest BCUT2D eigenvalue weighted by Gasteiger charge is -2.28. The summed E-state index contributed by atoms with van der Waals surface area (Å²) in [7, 11) is 0. The van der Waals surface area contributed by atoms with Crippen molar-refractivity contribution in [1.29, 1.82) is 0 Å². The Labute approximate surface area is 184 Å². The molecule has 0 bridgehead atoms. The number of carboxylic acids is 1. The van der Waals surface area contributed by atoms with E-state index >= 15 is 0 Å². The standard InChI is InChI=1S/C22H21F6NO4/c1-21(2,25)9-14(20(31)32)29-18(22(26,27)28)11-3-5-12-13-7-10(17(30)19(23)24)4-6-15(13)33-16(12)8-11/h3-8,14,17-19,29-30H,9H2,1-2H3,(H,31,32). The summed E-state index contributed by atoms with van der Waals surface area (Å²) in [5.74, 6) is -1.63. The van der Waals surface area contributed by atoms with Gasteiger partial charge in [-0.1, -0.05) is 18.2 Å². The van der Waals surface area contributed by atoms with Crippen LogP contribution in [0, 0.1) is 0 Å². The lowest BCUT2D eigenvalue weighted by molar-refractivity contribution is -0.164. The predicted octanol–water partition coefficient (Wildman–Crippen LogP) is 5.67. The van der Waals surface area contributed by atoms with Crippen LogP contribution in [0.15, 0.2) is 40.8 Å². The second kappa shape index (κ2) is 8.86. The highest BCUT2D eigenvalue weighted by atomic mass is 19.4. The van der Waals surface area contributed by atoms with Gasteiger partial charge in [-0.3, -0.25) is 10.1 Å². The van der Waals surface area contributed by atoms with Gasteiger partial charge in [0.1, 0.15) is 35.0 Å². The van der Waals surface area contributed by atoms with E-state index in [1.54, 1.807) is 0 Å². The summed E-state index contributed by atoms with van der Waals surface area (Å²) in [6.07, 6.45) is -10.7. The molecule has 0 aliphatic carbocycles. The maximum absolute atomic E-state index is 14.0. The predicted molar refractivity (Wildman–Crippen MR) is 108 cm³/mol. The first-order valence-electron chi connectivity index (χ1n) is 9.84. The second-order valence-electron chi connectivity index (χ2n) is 8.35. The first-order valence-corrected chi connectivity index (χ1v) is 9.84. The zero-order valence-electron chi connectivity index (χ0n) is 17.5. The summed E-state index contributed by atoms with van der Waals surface area (Å²) < 4.78 is 86.5. The van der Waals surface area contributed by atoms with E-state index in [2.05, 4.69) is 0 Å². The van der Waals surface area contributed by atoms with E-state index in [1.807, 2.05) is 5.32 Å². The number of aliphatic hydroxyl groups excluding tert-OH is 1. The minimum absolute atomic E-state index is 0.0000619. The van der Waals surface area contributed by atoms with E-state index in [0.717, 1.165) is 26.0 Å². The van der Waals surface area contributed by atoms with Gasteiger partial charge in [0.15, 0.2) is 0 Å². The van der Waals surface area contributed by atoms with Crippen LogP contribution in [0.1, 0.15) is 43.5 Å². The lowest BCUT2D eigenvalue weighted by atomic mass is 9.97. The highest BCUT2D eigenvalue weighted by molar-refractivity contribution is 6.05. The van der Waals surface area contributed by atoms with Gasteiger partial charge in [-0.05, 0) is 43.2 Å². The molecule has 0 saturated heterocycles. The van der Waals surface area contributed by atoms with Crippen LogP contribution in [0.25, 0.3) is 21.9 Å². The summed E-state index contributed by atoms with van der Waals surface area (Å²) in [6.45, 7) is 2.12. The summed E-state index contributed by atoms with van der Waals surface area (Å²) in [5.41, 5.74) is -2.29. The SMILES string of the molecule is CC(C)(F)CC(NC(c1ccc2c(c1)oc1ccc(C(O)C(F)F)cc12)C(F)(F)F)C(=O)O. The van der Waals surface area contributed by atoms with Gasteiger partial charge in [-0.15, -0.1) is 0 Å². The van der Waals surface area contributed by atoms with Crippen molar-refractivity contribution in [3.8, 4) is 0 Å². The average molecular weight is 477 g/mol. The number of carboxylic acid groups (broad SMARTS) is 1. The molecule has 11 heteroatoms. The van der Waals surface area contributed by atoms with E-state index in [9.17, 15) is 41.4 Å². The third-order valence-corrected chi connectivity index (χ3v) is 5.12. The van der Waals surface area contributed by atoms with Crippen LogP contribution in [0.4, 0.5) is 26.3 Å². The molecule has 0 fully saturated rings. The molecule has 0 saturated carbocycles. The van der Waals surface area contributed by atoms with Crippen molar-refractivity contribution in [2.45, 2.75) is 56.7 Å². The number of rotatable bonds is 8. The summed E-state index contributed by atoms with van der Waals surface area (Å²) >= 11 is 0. The molecule has 1 aromatic heterocycles. The first kappa shape index (κ1) is 24.8. The largest absolute Gasteiger partial charge is 0.480 e. The lowest BCUT2D eigenvalue weighted by Crippen LogP contribution is -2.47. The Kier molecular flexibility index (Phi) is 6.67. The molecule has 1 heterocycles. The van der Waals surface area contributed by atoms with Crippen LogP contribution < -0.4 is 5.32 Å². The van der Waals surface area contributed by atoms with E-state index in [4.69, 9.17) is 4.42 Å². The Hall–Kier alpha value is -2.79. The molecule has 3 aromatic rings. The number of alkyl halides is 6. The van der Waals surface area contributed by atoms with Gasteiger partial charge in [0, 0.05) is 17.2 Å². The van der Waals surface area contributed by atoms with Gasteiger partial charge < -0.3 is 14.6 Å². The first-order chi connectivity index (χ1) is 15.2. The monoisotopic (exact) mass is 477 g/mol. The van der Waals surface area contributed by atoms with Crippen molar-refractivity contribution < 1.29 is 45.8 Å². The molecule has 0 aliphatic heterocycles. The topological polar surface area (TPSA) is 82.7 Å². The number of halogens is 6. The number of aliphatic carboxylic acids is 1. The van der Waals surface area contributed by atoms with Crippen LogP contribution in [0.5, 0.6) is 0 Å². The quantitative estimate of drug-likeness (QED) is 0.364. The molecular formula is C22H21F6NO4. The van der Waals surface area contributed by atoms with Crippen LogP contribution in [-0.2, 0) is 4.79 Å². The summed E-state index contributed by atoms with van der Waals surface area (Å²) in [6, 6.07) is 2.99. The maximum atomic E-state index is 14.0. The fraction of sp³-hybridized carbons (Fsp3) is 0.409. The molecule has 2 aromatic carbocycles. The molecule has 3 unspecified atom stereocenters. The van der Waals surface area contributed by atoms with Gasteiger partial charge >= 0.3 is 12.1 Å². The van der Waals surface area contributed by atoms with Crippen LogP contribution >= 0.6 is 0 Å². The van der Waals surface area contributed by atoms with Crippen LogP contribution in [0.3, 0.4) is 0 Å². The van der Waals surface area contributed by atoms with Crippen LogP contribution in [0.2, 0.25) is 0 Å². The Morgan fingerprint density at radius 2 is 1.64 bits per heavy atom. The van der Waals surface area contributed by atoms with Gasteiger partial charge in [0.25, 0.3) is 6.43 Å². The number of furan rings is 1. The van der Waals surface area contributed by atoms with Crippen molar-refractivity contribution in [3.05, 3.63) is 47.5 Å². The van der Waals surface area contributed by atoms with E-state index < -0.39 is 48.8 Å². The normalized spacial score (nSPS) is 15.8. The highest BCUT2D eigenvalue weighted by Crippen LogP contribution is 2.38. The molecule has 0 amide bonds. The number of nitrogens with one attached hydrogen (secondary N) is 1. The summed E-state index contributed by atoms with van der Waals surface area (Å²) in [5, 5.41) is 21.5. The highest BCUT2D eigenvalue weighted by Gasteiger charge is 2.44. The Morgan fingerprint density at radius 3 is 2.18 bits per heavy atom. The van der Waals surface area contributed by atoms with Gasteiger partial charge in [0.05, 0.1) is 0 Å². The molecule has 5 nitrogen and oxygen atoms in total. The molecule has 33 heavy (non-hydrogen) atoms. The fourth-order valence-electron chi connectivity index (χ4n) is 3.60. The second-order valence-corrected chi connectivity index (χ2v) is 8.35. The van der Waals surface area contributed by atoms with Gasteiger partial charge in [-0.2, -0.15) is 13.2 Å². The number of aliphatic hydroxyl groups is 1. The number of fused-ring (bicyclic) bond motifs is 3. The minimum atomic E-state index is -4.91. The third kappa shape index (κ3) is 5.59. The number of hydrogen-bond acceptors (Lipinski definition) is 4. The van der Waals surface area contributed by atoms with E-state index in [1.165, 1.54) is 24.3 Å². The van der Waals surface area contributed by atoms with Crippen molar-refractivity contribution in [3.63, 3.8) is 0 Å². The zero-order valence-corrected chi connectivity index (χ0v) is 17.5. The van der Waals surface area contributed by atoms with Crippen molar-refractivity contribution >= 4 is 27.9 Å². The maximum Gasteiger partial charge on any atom is 0.407 e. The molecule has 0 spiro atoms. The van der Waals surface area contributed by atoms with Gasteiger partial charge in [0.2, 0.25) is 0 Å². The molecule has 180 valence electrons. The van der Waals surface area contributed by atoms with E-state index in [0.29, 0.717) is 10.8 Å². The number of carbonyl (C=O) groups is 1. The van der Waals surface area contributed by atoms with Gasteiger partial charge in [-0.25, -0.2) is 13.2 Å². The molecule has 0 radical (unpaired) electrons. The Morgan fingerprint density at radius 1 is 1.00 bits per heavy atom. The average Bonchev–Trinajstić information content (AvgIpc) is 3.05. The Balaban J connectivity index is 2.03. The molecule has 3 N–H and O–H groups in total. The van der Waals surface area contributed by atoms with Crippen molar-refractivity contribution in [1.82, 2.24) is 5.32 Å². The Bertz CT molecular complexity index is 1150. The van der Waals surface area contributed by atoms with E-state index in [-0.39, 0.29) is 22.3 Å². The molecule has 3 atom stereocenters. The molecule has 3 rings (SSSR count). The molecule has 0 aliphatic rings. The van der Waals surface area contributed by atoms with Crippen LogP contribution in [-0.4, -0.2) is 40.5 Å². The molecular weight excluding hydrogens is 456 g/mol. The number of hydrogen-bond donors (Lipinski definition) is 3. The summed E-state index contributed by atoms with van der Waals surface area (Å²) in [4.78, 5) is 11.4.